The van der Waals surface area contributed by atoms with E-state index in [1.165, 1.54) is 0 Å². The first-order valence-corrected chi connectivity index (χ1v) is 1.67. The van der Waals surface area contributed by atoms with E-state index in [0.717, 1.165) is 0 Å². The summed E-state index contributed by atoms with van der Waals surface area (Å²) in [6.07, 6.45) is 0. The van der Waals surface area contributed by atoms with Crippen molar-refractivity contribution in [2.75, 3.05) is 0 Å². The SMILES string of the molecule is [Hf].[O]=[Hf].[Ti]. The molecule has 0 atom stereocenters. The summed E-state index contributed by atoms with van der Waals surface area (Å²) in [5.74, 6) is 0. The molecule has 4 heteroatoms. The van der Waals surface area contributed by atoms with E-state index < -0.39 is 0 Å². The number of hydrogen-bond acceptors (Lipinski definition) is 1. The normalized spacial score (nSPS) is 0.750. The van der Waals surface area contributed by atoms with Gasteiger partial charge in [-0.1, -0.05) is 0 Å². The van der Waals surface area contributed by atoms with Crippen LogP contribution in [0.4, 0.5) is 0 Å². The van der Waals surface area contributed by atoms with Crippen LogP contribution in [0.15, 0.2) is 0 Å². The minimum atomic E-state index is 0. The van der Waals surface area contributed by atoms with Crippen molar-refractivity contribution in [3.63, 3.8) is 0 Å². The first kappa shape index (κ1) is 16.3. The smallest absolute Gasteiger partial charge is 0 e. The Balaban J connectivity index is -0.00000000500. The van der Waals surface area contributed by atoms with Crippen molar-refractivity contribution in [2.45, 2.75) is 0 Å². The van der Waals surface area contributed by atoms with E-state index in [1.54, 1.807) is 0 Å². The van der Waals surface area contributed by atoms with Gasteiger partial charge in [0.05, 0.1) is 0 Å². The molecule has 0 rings (SSSR count). The van der Waals surface area contributed by atoms with Gasteiger partial charge in [0.25, 0.3) is 0 Å². The topological polar surface area (TPSA) is 17.1 Å². The van der Waals surface area contributed by atoms with Crippen LogP contribution in [0.3, 0.4) is 0 Å². The maximum Gasteiger partial charge on any atom is 0 e. The summed E-state index contributed by atoms with van der Waals surface area (Å²) in [5.41, 5.74) is 0. The molecule has 0 bridgehead atoms. The van der Waals surface area contributed by atoms with Crippen molar-refractivity contribution >= 4 is 0 Å². The zero-order chi connectivity index (χ0) is 2.00. The largest absolute Gasteiger partial charge is 0 e. The fourth-order valence-electron chi connectivity index (χ4n) is 0. The van der Waals surface area contributed by atoms with Crippen LogP contribution in [0.2, 0.25) is 0 Å². The van der Waals surface area contributed by atoms with Crippen molar-refractivity contribution in [3.8, 4) is 0 Å². The van der Waals surface area contributed by atoms with E-state index in [-0.39, 0.29) is 71.9 Å². The van der Waals surface area contributed by atoms with E-state index in [9.17, 15) is 0 Å². The Hall–Kier alpha value is 2.25. The van der Waals surface area contributed by atoms with Crippen molar-refractivity contribution in [2.24, 2.45) is 0 Å². The summed E-state index contributed by atoms with van der Waals surface area (Å²) >= 11 is 0.0556. The summed E-state index contributed by atoms with van der Waals surface area (Å²) < 4.78 is 8.39. The molecule has 0 saturated carbocycles. The van der Waals surface area contributed by atoms with Crippen LogP contribution in [-0.4, -0.2) is 0 Å². The molecule has 0 aliphatic heterocycles. The Labute approximate surface area is 73.6 Å². The van der Waals surface area contributed by atoms with Crippen LogP contribution in [0.25, 0.3) is 0 Å². The Bertz CT molecular complexity index is 6.00. The van der Waals surface area contributed by atoms with Gasteiger partial charge < -0.3 is 0 Å². The second-order valence-corrected chi connectivity index (χ2v) is 0. The molecular formula is Hf2OTi. The summed E-state index contributed by atoms with van der Waals surface area (Å²) in [6.45, 7) is 0. The zero-order valence-corrected chi connectivity index (χ0v) is 10.7. The number of rotatable bonds is 0. The van der Waals surface area contributed by atoms with E-state index in [2.05, 4.69) is 0 Å². The van der Waals surface area contributed by atoms with Crippen LogP contribution < -0.4 is 0 Å². The summed E-state index contributed by atoms with van der Waals surface area (Å²) in [7, 11) is 0. The Morgan fingerprint density at radius 3 is 1.25 bits per heavy atom. The van der Waals surface area contributed by atoms with Gasteiger partial charge in [-0.05, 0) is 0 Å². The maximum atomic E-state index is 8.39. The Morgan fingerprint density at radius 2 is 1.25 bits per heavy atom. The van der Waals surface area contributed by atoms with Gasteiger partial charge in [0, 0.05) is 47.6 Å². The minimum absolute atomic E-state index is 0. The van der Waals surface area contributed by atoms with Crippen LogP contribution >= 0.6 is 0 Å². The monoisotopic (exact) mass is 424 g/mol. The van der Waals surface area contributed by atoms with Crippen LogP contribution in [0, 0.1) is 0 Å². The molecule has 18 valence electrons. The van der Waals surface area contributed by atoms with Crippen molar-refractivity contribution in [3.05, 3.63) is 0 Å². The van der Waals surface area contributed by atoms with Gasteiger partial charge in [-0.2, -0.15) is 0 Å². The van der Waals surface area contributed by atoms with E-state index in [0.29, 0.717) is 0 Å². The fraction of sp³-hybridized carbons (Fsp3) is 0. The second kappa shape index (κ2) is 18.7. The molecule has 0 unspecified atom stereocenters. The third-order valence-electron chi connectivity index (χ3n) is 0. The first-order chi connectivity index (χ1) is 1.00. The average molecular weight is 421 g/mol. The van der Waals surface area contributed by atoms with Gasteiger partial charge in [-0.3, -0.25) is 0 Å². The molecule has 0 spiro atoms. The first-order valence-electron chi connectivity index (χ1n) is 0.204. The molecule has 0 aliphatic rings. The third kappa shape index (κ3) is 8.87. The molecule has 0 aliphatic carbocycles. The fourth-order valence-corrected chi connectivity index (χ4v) is 0. The van der Waals surface area contributed by atoms with Crippen LogP contribution in [0.1, 0.15) is 0 Å². The van der Waals surface area contributed by atoms with Gasteiger partial charge in [0.2, 0.25) is 0 Å². The predicted octanol–water partition coefficient (Wildman–Crippen LogP) is -0.126. The minimum Gasteiger partial charge on any atom is 0 e. The quantitative estimate of drug-likeness (QED) is 0.499. The van der Waals surface area contributed by atoms with Gasteiger partial charge in [0.15, 0.2) is 0 Å². The average Bonchev–Trinajstić information content (AvgIpc) is 1.00. The van der Waals surface area contributed by atoms with Gasteiger partial charge in [-0.15, -0.1) is 0 Å². The van der Waals surface area contributed by atoms with Crippen LogP contribution in [0.5, 0.6) is 0 Å². The molecule has 0 saturated heterocycles. The van der Waals surface area contributed by atoms with Gasteiger partial charge in [0.1, 0.15) is 0 Å². The molecule has 0 aromatic carbocycles. The van der Waals surface area contributed by atoms with Crippen LogP contribution in [-0.2, 0) is 74.8 Å². The molecule has 0 amide bonds. The molecule has 0 radical (unpaired) electrons. The molecular weight excluding hydrogens is 421 g/mol. The van der Waals surface area contributed by atoms with Crippen molar-refractivity contribution in [1.82, 2.24) is 0 Å². The number of hydrogen-bond donors (Lipinski definition) is 0. The standard InChI is InChI=1S/2Hf.O.Ti. The van der Waals surface area contributed by atoms with E-state index in [1.807, 2.05) is 0 Å². The van der Waals surface area contributed by atoms with E-state index >= 15 is 0 Å². The zero-order valence-electron chi connectivity index (χ0n) is 1.91. The second-order valence-electron chi connectivity index (χ2n) is 0. The molecule has 0 aromatic rings. The Morgan fingerprint density at radius 1 is 1.25 bits per heavy atom. The summed E-state index contributed by atoms with van der Waals surface area (Å²) in [5, 5.41) is 0. The van der Waals surface area contributed by atoms with Crippen molar-refractivity contribution < 1.29 is 74.8 Å². The molecule has 0 heterocycles. The van der Waals surface area contributed by atoms with Crippen molar-refractivity contribution in [1.29, 1.82) is 0 Å². The van der Waals surface area contributed by atoms with Gasteiger partial charge in [-0.25, -0.2) is 0 Å². The molecule has 0 N–H and O–H groups in total. The maximum absolute atomic E-state index is 8.39. The molecule has 1 nitrogen and oxygen atoms in total. The van der Waals surface area contributed by atoms with Gasteiger partial charge >= 0.3 is 27.2 Å². The summed E-state index contributed by atoms with van der Waals surface area (Å²) in [6, 6.07) is 0. The molecule has 4 heavy (non-hydrogen) atoms. The van der Waals surface area contributed by atoms with E-state index in [4.69, 9.17) is 2.85 Å². The third-order valence-corrected chi connectivity index (χ3v) is 0. The summed E-state index contributed by atoms with van der Waals surface area (Å²) in [4.78, 5) is 0. The Kier molecular flexibility index (Phi) is 76.3. The predicted molar refractivity (Wildman–Crippen MR) is 0.686 cm³/mol. The molecule has 0 fully saturated rings. The molecule has 0 aromatic heterocycles.